The Kier molecular flexibility index (Phi) is 7.01. The predicted octanol–water partition coefficient (Wildman–Crippen LogP) is 2.61. The van der Waals surface area contributed by atoms with Crippen molar-refractivity contribution in [1.82, 2.24) is 15.5 Å². The first-order valence-corrected chi connectivity index (χ1v) is 10.4. The van der Waals surface area contributed by atoms with Gasteiger partial charge in [0, 0.05) is 36.1 Å². The van der Waals surface area contributed by atoms with Crippen molar-refractivity contribution in [3.8, 4) is 0 Å². The van der Waals surface area contributed by atoms with Gasteiger partial charge in [-0.15, -0.1) is 11.3 Å². The Hall–Kier alpha value is -2.18. The number of hydrogen-bond donors (Lipinski definition) is 2. The predicted molar refractivity (Wildman–Crippen MR) is 109 cm³/mol. The van der Waals surface area contributed by atoms with Gasteiger partial charge < -0.3 is 10.6 Å². The molecular formula is C21H27N3O2S. The fourth-order valence-electron chi connectivity index (χ4n) is 3.37. The molecule has 2 N–H and O–H groups in total. The van der Waals surface area contributed by atoms with E-state index in [1.54, 1.807) is 11.3 Å². The first-order valence-electron chi connectivity index (χ1n) is 9.50. The summed E-state index contributed by atoms with van der Waals surface area (Å²) in [6.45, 7) is 4.73. The Labute approximate surface area is 164 Å². The summed E-state index contributed by atoms with van der Waals surface area (Å²) >= 11 is 1.72. The highest BCUT2D eigenvalue weighted by molar-refractivity contribution is 7.09. The van der Waals surface area contributed by atoms with Crippen molar-refractivity contribution in [2.45, 2.75) is 32.2 Å². The highest BCUT2D eigenvalue weighted by Crippen LogP contribution is 2.13. The number of nitrogens with one attached hydrogen (secondary N) is 2. The first-order chi connectivity index (χ1) is 13.1. The Morgan fingerprint density at radius 2 is 1.93 bits per heavy atom. The second-order valence-corrected chi connectivity index (χ2v) is 8.05. The van der Waals surface area contributed by atoms with Crippen molar-refractivity contribution >= 4 is 23.2 Å². The Morgan fingerprint density at radius 1 is 1.15 bits per heavy atom. The third-order valence-corrected chi connectivity index (χ3v) is 5.89. The van der Waals surface area contributed by atoms with E-state index >= 15 is 0 Å². The number of piperidine rings is 1. The van der Waals surface area contributed by atoms with Gasteiger partial charge in [0.2, 0.25) is 5.91 Å². The molecule has 27 heavy (non-hydrogen) atoms. The number of rotatable bonds is 7. The second kappa shape index (κ2) is 9.67. The molecule has 1 saturated heterocycles. The summed E-state index contributed by atoms with van der Waals surface area (Å²) < 4.78 is 0. The molecule has 0 spiro atoms. The Balaban J connectivity index is 1.35. The molecule has 2 heterocycles. The first kappa shape index (κ1) is 19.6. The summed E-state index contributed by atoms with van der Waals surface area (Å²) in [5.41, 5.74) is 1.73. The summed E-state index contributed by atoms with van der Waals surface area (Å²) in [6.07, 6.45) is 2.64. The largest absolute Gasteiger partial charge is 0.355 e. The zero-order chi connectivity index (χ0) is 19.1. The van der Waals surface area contributed by atoms with Gasteiger partial charge in [0.15, 0.2) is 0 Å². The second-order valence-electron chi connectivity index (χ2n) is 7.02. The third-order valence-electron chi connectivity index (χ3n) is 4.95. The van der Waals surface area contributed by atoms with Crippen LogP contribution < -0.4 is 10.6 Å². The number of likely N-dealkylation sites (tertiary alicyclic amines) is 1. The summed E-state index contributed by atoms with van der Waals surface area (Å²) in [6, 6.07) is 11.9. The number of thiophene rings is 1. The van der Waals surface area contributed by atoms with Gasteiger partial charge in [0.25, 0.3) is 5.91 Å². The normalized spacial score (nSPS) is 15.4. The molecule has 0 atom stereocenters. The molecule has 3 rings (SSSR count). The summed E-state index contributed by atoms with van der Waals surface area (Å²) in [4.78, 5) is 28.0. The molecule has 1 aliphatic rings. The SMILES string of the molecule is Cc1ccccc1C(=O)NC1CCN(CC(=O)NCCc2cccs2)CC1. The van der Waals surface area contributed by atoms with Crippen LogP contribution in [0.5, 0.6) is 0 Å². The molecule has 0 bridgehead atoms. The molecule has 2 amide bonds. The van der Waals surface area contributed by atoms with Crippen LogP contribution in [0, 0.1) is 6.92 Å². The van der Waals surface area contributed by atoms with Crippen molar-refractivity contribution in [3.63, 3.8) is 0 Å². The van der Waals surface area contributed by atoms with E-state index in [9.17, 15) is 9.59 Å². The van der Waals surface area contributed by atoms with E-state index < -0.39 is 0 Å². The molecule has 1 aliphatic heterocycles. The molecule has 144 valence electrons. The molecule has 0 aliphatic carbocycles. The maximum Gasteiger partial charge on any atom is 0.251 e. The van der Waals surface area contributed by atoms with E-state index in [0.717, 1.165) is 43.5 Å². The fourth-order valence-corrected chi connectivity index (χ4v) is 4.07. The maximum absolute atomic E-state index is 12.4. The minimum atomic E-state index is -0.00197. The fraction of sp³-hybridized carbons (Fsp3) is 0.429. The van der Waals surface area contributed by atoms with Gasteiger partial charge in [-0.3, -0.25) is 14.5 Å². The van der Waals surface area contributed by atoms with Crippen molar-refractivity contribution in [2.75, 3.05) is 26.2 Å². The van der Waals surface area contributed by atoms with E-state index in [1.165, 1.54) is 4.88 Å². The zero-order valence-corrected chi connectivity index (χ0v) is 16.6. The van der Waals surface area contributed by atoms with Crippen molar-refractivity contribution in [3.05, 3.63) is 57.8 Å². The van der Waals surface area contributed by atoms with Crippen LogP contribution >= 0.6 is 11.3 Å². The number of nitrogens with zero attached hydrogens (tertiary/aromatic N) is 1. The van der Waals surface area contributed by atoms with E-state index in [2.05, 4.69) is 27.0 Å². The maximum atomic E-state index is 12.4. The number of carbonyl (C=O) groups excluding carboxylic acids is 2. The highest BCUT2D eigenvalue weighted by atomic mass is 32.1. The van der Waals surface area contributed by atoms with Gasteiger partial charge in [-0.2, -0.15) is 0 Å². The summed E-state index contributed by atoms with van der Waals surface area (Å²) in [5, 5.41) is 8.19. The lowest BCUT2D eigenvalue weighted by Gasteiger charge is -2.32. The van der Waals surface area contributed by atoms with E-state index in [0.29, 0.717) is 13.1 Å². The Bertz CT molecular complexity index is 753. The van der Waals surface area contributed by atoms with Gasteiger partial charge in [-0.25, -0.2) is 0 Å². The van der Waals surface area contributed by atoms with Crippen molar-refractivity contribution in [1.29, 1.82) is 0 Å². The molecule has 2 aromatic rings. The van der Waals surface area contributed by atoms with Crippen molar-refractivity contribution in [2.24, 2.45) is 0 Å². The monoisotopic (exact) mass is 385 g/mol. The molecule has 0 radical (unpaired) electrons. The molecule has 1 fully saturated rings. The molecule has 5 nitrogen and oxygen atoms in total. The van der Waals surface area contributed by atoms with Crippen LogP contribution in [0.4, 0.5) is 0 Å². The van der Waals surface area contributed by atoms with E-state index in [-0.39, 0.29) is 17.9 Å². The highest BCUT2D eigenvalue weighted by Gasteiger charge is 2.22. The van der Waals surface area contributed by atoms with Gasteiger partial charge >= 0.3 is 0 Å². The molecular weight excluding hydrogens is 358 g/mol. The van der Waals surface area contributed by atoms with Crippen LogP contribution in [-0.4, -0.2) is 48.9 Å². The molecule has 1 aromatic carbocycles. The van der Waals surface area contributed by atoms with Gasteiger partial charge in [-0.05, 0) is 49.3 Å². The van der Waals surface area contributed by atoms with E-state index in [4.69, 9.17) is 0 Å². The standard InChI is InChI=1S/C21H27N3O2S/c1-16-5-2-3-7-19(16)21(26)23-17-9-12-24(13-10-17)15-20(25)22-11-8-18-6-4-14-27-18/h2-7,14,17H,8-13,15H2,1H3,(H,22,25)(H,23,26). The molecule has 0 unspecified atom stereocenters. The third kappa shape index (κ3) is 5.91. The minimum Gasteiger partial charge on any atom is -0.355 e. The van der Waals surface area contributed by atoms with E-state index in [1.807, 2.05) is 37.3 Å². The molecule has 1 aromatic heterocycles. The topological polar surface area (TPSA) is 61.4 Å². The molecule has 0 saturated carbocycles. The van der Waals surface area contributed by atoms with Gasteiger partial charge in [-0.1, -0.05) is 24.3 Å². The molecule has 6 heteroatoms. The van der Waals surface area contributed by atoms with Crippen LogP contribution in [0.2, 0.25) is 0 Å². The summed E-state index contributed by atoms with van der Waals surface area (Å²) in [5.74, 6) is 0.0758. The lowest BCUT2D eigenvalue weighted by molar-refractivity contribution is -0.122. The van der Waals surface area contributed by atoms with Crippen LogP contribution in [0.1, 0.15) is 33.6 Å². The zero-order valence-electron chi connectivity index (χ0n) is 15.7. The smallest absolute Gasteiger partial charge is 0.251 e. The lowest BCUT2D eigenvalue weighted by atomic mass is 10.0. The number of carbonyl (C=O) groups is 2. The van der Waals surface area contributed by atoms with Crippen molar-refractivity contribution < 1.29 is 9.59 Å². The van der Waals surface area contributed by atoms with Crippen LogP contribution in [0.3, 0.4) is 0 Å². The number of benzene rings is 1. The average Bonchev–Trinajstić information content (AvgIpc) is 3.17. The number of hydrogen-bond acceptors (Lipinski definition) is 4. The van der Waals surface area contributed by atoms with Gasteiger partial charge in [0.1, 0.15) is 0 Å². The average molecular weight is 386 g/mol. The lowest BCUT2D eigenvalue weighted by Crippen LogP contribution is -2.47. The Morgan fingerprint density at radius 3 is 2.63 bits per heavy atom. The quantitative estimate of drug-likeness (QED) is 0.770. The number of amides is 2. The number of aryl methyl sites for hydroxylation is 1. The minimum absolute atomic E-state index is 0.00197. The summed E-state index contributed by atoms with van der Waals surface area (Å²) in [7, 11) is 0. The van der Waals surface area contributed by atoms with Crippen LogP contribution in [-0.2, 0) is 11.2 Å². The van der Waals surface area contributed by atoms with Crippen LogP contribution in [0.15, 0.2) is 41.8 Å². The van der Waals surface area contributed by atoms with Crippen LogP contribution in [0.25, 0.3) is 0 Å². The van der Waals surface area contributed by atoms with Gasteiger partial charge in [0.05, 0.1) is 6.54 Å².